The van der Waals surface area contributed by atoms with Crippen LogP contribution >= 0.6 is 11.6 Å². The second kappa shape index (κ2) is 13.0. The van der Waals surface area contributed by atoms with Crippen LogP contribution in [0.25, 0.3) is 0 Å². The molecule has 0 fully saturated rings. The first-order chi connectivity index (χ1) is 19.3. The van der Waals surface area contributed by atoms with Crippen molar-refractivity contribution in [3.8, 4) is 11.5 Å². The summed E-state index contributed by atoms with van der Waals surface area (Å²) in [4.78, 5) is 49.6. The number of rotatable bonds is 7. The molecule has 0 aliphatic heterocycles. The van der Waals surface area contributed by atoms with Gasteiger partial charge in [-0.3, -0.25) is 9.59 Å². The van der Waals surface area contributed by atoms with Gasteiger partial charge >= 0.3 is 23.8 Å². The quantitative estimate of drug-likeness (QED) is 0.107. The molecule has 40 heavy (non-hydrogen) atoms. The maximum absolute atomic E-state index is 12.7. The highest BCUT2D eigenvalue weighted by Crippen LogP contribution is 2.26. The van der Waals surface area contributed by atoms with E-state index in [0.29, 0.717) is 21.8 Å². The van der Waals surface area contributed by atoms with Crippen LogP contribution in [0, 0.1) is 6.92 Å². The summed E-state index contributed by atoms with van der Waals surface area (Å²) in [7, 11) is 0. The van der Waals surface area contributed by atoms with Crippen LogP contribution in [-0.2, 0) is 9.59 Å². The molecule has 2 amide bonds. The zero-order chi connectivity index (χ0) is 28.5. The second-order valence-corrected chi connectivity index (χ2v) is 8.74. The third-order valence-electron chi connectivity index (χ3n) is 5.42. The number of hydrazone groups is 1. The highest BCUT2D eigenvalue weighted by Gasteiger charge is 2.16. The number of hydrogen-bond donors (Lipinski definition) is 2. The molecule has 4 aromatic rings. The van der Waals surface area contributed by atoms with E-state index < -0.39 is 23.8 Å². The number of carbonyl (C=O) groups is 4. The van der Waals surface area contributed by atoms with Crippen LogP contribution in [0.3, 0.4) is 0 Å². The molecule has 0 unspecified atom stereocenters. The van der Waals surface area contributed by atoms with Gasteiger partial charge in [-0.2, -0.15) is 5.10 Å². The molecule has 9 nitrogen and oxygen atoms in total. The lowest BCUT2D eigenvalue weighted by atomic mass is 10.2. The molecule has 0 aliphatic rings. The summed E-state index contributed by atoms with van der Waals surface area (Å²) in [5, 5.41) is 6.67. The van der Waals surface area contributed by atoms with Gasteiger partial charge in [-0.1, -0.05) is 54.1 Å². The van der Waals surface area contributed by atoms with E-state index in [1.54, 1.807) is 79.7 Å². The minimum atomic E-state index is -1.04. The van der Waals surface area contributed by atoms with Crippen molar-refractivity contribution in [3.63, 3.8) is 0 Å². The summed E-state index contributed by atoms with van der Waals surface area (Å²) in [5.41, 5.74) is 4.17. The Hall–Kier alpha value is -5.28. The Kier molecular flexibility index (Phi) is 9.01. The first-order valence-corrected chi connectivity index (χ1v) is 12.3. The summed E-state index contributed by atoms with van der Waals surface area (Å²) < 4.78 is 11.0. The molecule has 0 spiro atoms. The average Bonchev–Trinajstić information content (AvgIpc) is 2.96. The lowest BCUT2D eigenvalue weighted by Crippen LogP contribution is -2.32. The maximum atomic E-state index is 12.7. The number of halogens is 1. The largest absolute Gasteiger partial charge is 0.423 e. The summed E-state index contributed by atoms with van der Waals surface area (Å²) in [6.45, 7) is 1.81. The fraction of sp³-hybridized carbons (Fsp3) is 0.0333. The fourth-order valence-electron chi connectivity index (χ4n) is 3.32. The normalized spacial score (nSPS) is 10.6. The standard InChI is InChI=1S/C30H22ClN3O6/c1-19-12-14-23(16-25(19)31)33-27(35)28(36)34-32-18-22-13-15-24(39-29(37)20-8-4-2-5-9-20)17-26(22)40-30(38)21-10-6-3-7-11-21/h2-18H,1H3,(H,33,35)(H,34,36)/b32-18-. The molecule has 0 bridgehead atoms. The first-order valence-electron chi connectivity index (χ1n) is 11.9. The molecule has 10 heteroatoms. The van der Waals surface area contributed by atoms with Gasteiger partial charge in [0, 0.05) is 22.3 Å². The van der Waals surface area contributed by atoms with Crippen molar-refractivity contribution in [2.24, 2.45) is 5.10 Å². The van der Waals surface area contributed by atoms with Crippen molar-refractivity contribution in [1.82, 2.24) is 5.43 Å². The number of esters is 2. The van der Waals surface area contributed by atoms with E-state index in [4.69, 9.17) is 21.1 Å². The van der Waals surface area contributed by atoms with Crippen LogP contribution in [0.5, 0.6) is 11.5 Å². The smallest absolute Gasteiger partial charge is 0.343 e. The second-order valence-electron chi connectivity index (χ2n) is 8.33. The van der Waals surface area contributed by atoms with Gasteiger partial charge in [0.05, 0.1) is 17.3 Å². The van der Waals surface area contributed by atoms with E-state index in [1.807, 2.05) is 0 Å². The zero-order valence-electron chi connectivity index (χ0n) is 21.1. The third-order valence-corrected chi connectivity index (χ3v) is 5.83. The van der Waals surface area contributed by atoms with Gasteiger partial charge in [0.1, 0.15) is 11.5 Å². The van der Waals surface area contributed by atoms with Crippen LogP contribution in [0.15, 0.2) is 102 Å². The molecule has 0 saturated heterocycles. The highest BCUT2D eigenvalue weighted by atomic mass is 35.5. The molecule has 0 aliphatic carbocycles. The van der Waals surface area contributed by atoms with E-state index in [1.165, 1.54) is 30.5 Å². The van der Waals surface area contributed by atoms with Crippen molar-refractivity contribution >= 4 is 47.3 Å². The lowest BCUT2D eigenvalue weighted by molar-refractivity contribution is -0.136. The van der Waals surface area contributed by atoms with Gasteiger partial charge in [-0.05, 0) is 61.0 Å². The van der Waals surface area contributed by atoms with E-state index in [-0.39, 0.29) is 17.1 Å². The Morgan fingerprint density at radius 3 is 2.00 bits per heavy atom. The third kappa shape index (κ3) is 7.40. The number of hydrogen-bond acceptors (Lipinski definition) is 7. The maximum Gasteiger partial charge on any atom is 0.343 e. The van der Waals surface area contributed by atoms with Crippen molar-refractivity contribution in [1.29, 1.82) is 0 Å². The topological polar surface area (TPSA) is 123 Å². The molecule has 0 saturated carbocycles. The van der Waals surface area contributed by atoms with Crippen LogP contribution in [0.4, 0.5) is 5.69 Å². The first kappa shape index (κ1) is 27.7. The molecule has 2 N–H and O–H groups in total. The molecule has 0 radical (unpaired) electrons. The van der Waals surface area contributed by atoms with Crippen molar-refractivity contribution < 1.29 is 28.7 Å². The minimum absolute atomic E-state index is 0.00367. The molecular weight excluding hydrogens is 534 g/mol. The monoisotopic (exact) mass is 555 g/mol. The molecule has 4 rings (SSSR count). The van der Waals surface area contributed by atoms with Gasteiger partial charge in [0.15, 0.2) is 0 Å². The number of amides is 2. The summed E-state index contributed by atoms with van der Waals surface area (Å²) >= 11 is 6.05. The molecule has 4 aromatic carbocycles. The number of aryl methyl sites for hydroxylation is 1. The van der Waals surface area contributed by atoms with Crippen molar-refractivity contribution in [2.45, 2.75) is 6.92 Å². The Morgan fingerprint density at radius 1 is 0.750 bits per heavy atom. The van der Waals surface area contributed by atoms with E-state index in [0.717, 1.165) is 5.56 Å². The number of benzene rings is 4. The Morgan fingerprint density at radius 2 is 1.38 bits per heavy atom. The molecule has 0 atom stereocenters. The Balaban J connectivity index is 1.49. The van der Waals surface area contributed by atoms with Gasteiger partial charge < -0.3 is 14.8 Å². The summed E-state index contributed by atoms with van der Waals surface area (Å²) in [6.07, 6.45) is 1.18. The summed E-state index contributed by atoms with van der Waals surface area (Å²) in [5.74, 6) is -3.15. The molecular formula is C30H22ClN3O6. The summed E-state index contributed by atoms with van der Waals surface area (Å²) in [6, 6.07) is 25.8. The lowest BCUT2D eigenvalue weighted by Gasteiger charge is -2.10. The number of ether oxygens (including phenoxy) is 2. The van der Waals surface area contributed by atoms with Crippen molar-refractivity contribution in [2.75, 3.05) is 5.32 Å². The van der Waals surface area contributed by atoms with Crippen molar-refractivity contribution in [3.05, 3.63) is 124 Å². The molecule has 0 heterocycles. The van der Waals surface area contributed by atoms with Crippen LogP contribution in [0.1, 0.15) is 31.8 Å². The average molecular weight is 556 g/mol. The van der Waals surface area contributed by atoms with Crippen LogP contribution in [0.2, 0.25) is 5.02 Å². The van der Waals surface area contributed by atoms with E-state index in [9.17, 15) is 19.2 Å². The van der Waals surface area contributed by atoms with Gasteiger partial charge in [-0.25, -0.2) is 15.0 Å². The van der Waals surface area contributed by atoms with Gasteiger partial charge in [-0.15, -0.1) is 0 Å². The van der Waals surface area contributed by atoms with Crippen LogP contribution in [-0.4, -0.2) is 30.0 Å². The minimum Gasteiger partial charge on any atom is -0.423 e. The van der Waals surface area contributed by atoms with Gasteiger partial charge in [0.2, 0.25) is 0 Å². The SMILES string of the molecule is Cc1ccc(NC(=O)C(=O)N/N=C\c2ccc(OC(=O)c3ccccc3)cc2OC(=O)c2ccccc2)cc1Cl. The van der Waals surface area contributed by atoms with Gasteiger partial charge in [0.25, 0.3) is 0 Å². The number of nitrogens with one attached hydrogen (secondary N) is 2. The Bertz CT molecular complexity index is 1590. The zero-order valence-corrected chi connectivity index (χ0v) is 21.8. The number of nitrogens with zero attached hydrogens (tertiary/aromatic N) is 1. The molecule has 200 valence electrons. The predicted octanol–water partition coefficient (Wildman–Crippen LogP) is 5.18. The highest BCUT2D eigenvalue weighted by molar-refractivity contribution is 6.39. The van der Waals surface area contributed by atoms with E-state index >= 15 is 0 Å². The van der Waals surface area contributed by atoms with Crippen LogP contribution < -0.4 is 20.2 Å². The number of carbonyl (C=O) groups excluding carboxylic acids is 4. The number of anilines is 1. The Labute approximate surface area is 234 Å². The molecule has 0 aromatic heterocycles. The predicted molar refractivity (Wildman–Crippen MR) is 150 cm³/mol. The fourth-order valence-corrected chi connectivity index (χ4v) is 3.50. The van der Waals surface area contributed by atoms with E-state index in [2.05, 4.69) is 15.8 Å².